The number of piperidine rings is 1. The highest BCUT2D eigenvalue weighted by Gasteiger charge is 2.32. The maximum absolute atomic E-state index is 10.5. The van der Waals surface area contributed by atoms with Gasteiger partial charge in [-0.3, -0.25) is 0 Å². The fourth-order valence-corrected chi connectivity index (χ4v) is 4.14. The highest BCUT2D eigenvalue weighted by molar-refractivity contribution is 5.99. The van der Waals surface area contributed by atoms with Crippen molar-refractivity contribution in [2.45, 2.75) is 24.5 Å². The van der Waals surface area contributed by atoms with Crippen molar-refractivity contribution in [3.8, 4) is 22.6 Å². The van der Waals surface area contributed by atoms with Crippen molar-refractivity contribution in [3.05, 3.63) is 60.7 Å². The van der Waals surface area contributed by atoms with Crippen molar-refractivity contribution in [2.24, 2.45) is 0 Å². The zero-order valence-electron chi connectivity index (χ0n) is 17.4. The second-order valence-corrected chi connectivity index (χ2v) is 8.35. The van der Waals surface area contributed by atoms with Crippen LogP contribution in [-0.4, -0.2) is 69.9 Å². The van der Waals surface area contributed by atoms with Crippen LogP contribution in [0.3, 0.4) is 0 Å². The van der Waals surface area contributed by atoms with Crippen LogP contribution in [-0.2, 0) is 0 Å². The first-order valence-corrected chi connectivity index (χ1v) is 10.6. The van der Waals surface area contributed by atoms with Gasteiger partial charge >= 0.3 is 0 Å². The lowest BCUT2D eigenvalue weighted by molar-refractivity contribution is -0.0656. The topological polar surface area (TPSA) is 93.4 Å². The lowest BCUT2D eigenvalue weighted by atomic mass is 9.92. The fourth-order valence-electron chi connectivity index (χ4n) is 4.14. The highest BCUT2D eigenvalue weighted by Crippen LogP contribution is 2.37. The van der Waals surface area contributed by atoms with Crippen LogP contribution in [0.5, 0.6) is 11.5 Å². The molecule has 1 aliphatic rings. The van der Waals surface area contributed by atoms with Gasteiger partial charge in [-0.2, -0.15) is 0 Å². The predicted octanol–water partition coefficient (Wildman–Crippen LogP) is 2.77. The molecule has 4 rings (SSSR count). The lowest BCUT2D eigenvalue weighted by Crippen LogP contribution is -2.48. The number of phenols is 1. The average Bonchev–Trinajstić information content (AvgIpc) is 2.79. The van der Waals surface area contributed by atoms with Gasteiger partial charge in [0.25, 0.3) is 0 Å². The van der Waals surface area contributed by atoms with Crippen LogP contribution in [0, 0.1) is 0 Å². The van der Waals surface area contributed by atoms with Gasteiger partial charge in [0.1, 0.15) is 24.2 Å². The van der Waals surface area contributed by atoms with Gasteiger partial charge in [0.15, 0.2) is 0 Å². The minimum absolute atomic E-state index is 0.143. The third kappa shape index (κ3) is 4.99. The predicted molar refractivity (Wildman–Crippen MR) is 120 cm³/mol. The van der Waals surface area contributed by atoms with Gasteiger partial charge in [-0.05, 0) is 47.4 Å². The van der Waals surface area contributed by atoms with E-state index in [1.54, 1.807) is 12.1 Å². The molecule has 3 aromatic carbocycles. The van der Waals surface area contributed by atoms with E-state index in [1.807, 2.05) is 48.5 Å². The minimum atomic E-state index is -0.998. The van der Waals surface area contributed by atoms with Gasteiger partial charge in [-0.1, -0.05) is 42.5 Å². The van der Waals surface area contributed by atoms with E-state index in [2.05, 4.69) is 4.90 Å². The highest BCUT2D eigenvalue weighted by atomic mass is 16.5. The number of rotatable bonds is 7. The maximum atomic E-state index is 10.5. The number of aliphatic hydroxyl groups excluding tert-OH is 2. The summed E-state index contributed by atoms with van der Waals surface area (Å²) in [6.45, 7) is 1.62. The van der Waals surface area contributed by atoms with Crippen molar-refractivity contribution < 1.29 is 25.2 Å². The maximum Gasteiger partial charge on any atom is 0.127 e. The Bertz CT molecular complexity index is 1010. The number of hydrogen-bond acceptors (Lipinski definition) is 6. The van der Waals surface area contributed by atoms with E-state index < -0.39 is 11.7 Å². The van der Waals surface area contributed by atoms with Crippen molar-refractivity contribution >= 4 is 10.8 Å². The molecule has 0 saturated carbocycles. The molecule has 1 atom stereocenters. The summed E-state index contributed by atoms with van der Waals surface area (Å²) >= 11 is 0. The molecule has 1 unspecified atom stereocenters. The molecule has 6 nitrogen and oxygen atoms in total. The van der Waals surface area contributed by atoms with Gasteiger partial charge in [-0.15, -0.1) is 0 Å². The summed E-state index contributed by atoms with van der Waals surface area (Å²) in [5.74, 6) is 0.883. The van der Waals surface area contributed by atoms with E-state index in [4.69, 9.17) is 4.74 Å². The number of aromatic hydroxyl groups is 1. The van der Waals surface area contributed by atoms with Crippen LogP contribution in [0.4, 0.5) is 0 Å². The van der Waals surface area contributed by atoms with Crippen LogP contribution in [0.15, 0.2) is 60.7 Å². The Hall–Kier alpha value is -2.64. The third-order valence-corrected chi connectivity index (χ3v) is 6.03. The van der Waals surface area contributed by atoms with Crippen LogP contribution < -0.4 is 4.74 Å². The van der Waals surface area contributed by atoms with Gasteiger partial charge in [0.05, 0.1) is 12.2 Å². The summed E-state index contributed by atoms with van der Waals surface area (Å²) in [6, 6.07) is 19.0. The number of aliphatic hydroxyl groups is 3. The molecule has 6 heteroatoms. The smallest absolute Gasteiger partial charge is 0.127 e. The second-order valence-electron chi connectivity index (χ2n) is 8.35. The summed E-state index contributed by atoms with van der Waals surface area (Å²) in [7, 11) is 0. The van der Waals surface area contributed by atoms with E-state index in [-0.39, 0.29) is 19.0 Å². The molecule has 1 heterocycles. The number of likely N-dealkylation sites (tertiary alicyclic amines) is 1. The third-order valence-electron chi connectivity index (χ3n) is 6.03. The zero-order chi connectivity index (χ0) is 21.8. The number of hydrogen-bond donors (Lipinski definition) is 4. The molecule has 1 fully saturated rings. The minimum Gasteiger partial charge on any atom is -0.508 e. The Morgan fingerprint density at radius 3 is 2.39 bits per heavy atom. The number of nitrogens with zero attached hydrogens (tertiary/aromatic N) is 1. The number of β-amino-alcohol motifs (C(OH)–C–C–N with tert-alkyl or cyclic N) is 1. The molecule has 0 spiro atoms. The quantitative estimate of drug-likeness (QED) is 0.467. The molecule has 0 bridgehead atoms. The van der Waals surface area contributed by atoms with E-state index >= 15 is 0 Å². The van der Waals surface area contributed by atoms with E-state index in [9.17, 15) is 20.4 Å². The molecule has 1 aliphatic heterocycles. The van der Waals surface area contributed by atoms with E-state index in [0.29, 0.717) is 38.2 Å². The molecular formula is C25H29NO5. The standard InChI is InChI=1S/C25H29NO5/c27-17-25(30)11-13-26(14-12-25)15-21(29)16-31-23-10-7-18-3-1-2-4-22(18)24(23)19-5-8-20(28)9-6-19/h1-10,21,27-30H,11-17H2. The lowest BCUT2D eigenvalue weighted by Gasteiger charge is -2.37. The molecule has 31 heavy (non-hydrogen) atoms. The second kappa shape index (κ2) is 9.24. The van der Waals surface area contributed by atoms with Crippen LogP contribution in [0.25, 0.3) is 21.9 Å². The van der Waals surface area contributed by atoms with E-state index in [0.717, 1.165) is 21.9 Å². The molecule has 0 aliphatic carbocycles. The number of phenolic OH excluding ortho intramolecular Hbond substituents is 1. The summed E-state index contributed by atoms with van der Waals surface area (Å²) < 4.78 is 6.07. The van der Waals surface area contributed by atoms with Crippen LogP contribution >= 0.6 is 0 Å². The molecule has 0 amide bonds. The van der Waals surface area contributed by atoms with Crippen LogP contribution in [0.1, 0.15) is 12.8 Å². The Balaban J connectivity index is 1.48. The van der Waals surface area contributed by atoms with Crippen molar-refractivity contribution in [1.82, 2.24) is 4.90 Å². The number of ether oxygens (including phenoxy) is 1. The molecule has 0 aromatic heterocycles. The van der Waals surface area contributed by atoms with Gasteiger partial charge in [0.2, 0.25) is 0 Å². The monoisotopic (exact) mass is 423 g/mol. The molecule has 3 aromatic rings. The van der Waals surface area contributed by atoms with Crippen molar-refractivity contribution in [1.29, 1.82) is 0 Å². The summed E-state index contributed by atoms with van der Waals surface area (Å²) in [5, 5.41) is 41.8. The fraction of sp³-hybridized carbons (Fsp3) is 0.360. The number of benzene rings is 3. The molecule has 4 N–H and O–H groups in total. The van der Waals surface area contributed by atoms with E-state index in [1.165, 1.54) is 0 Å². The van der Waals surface area contributed by atoms with Gasteiger partial charge in [-0.25, -0.2) is 0 Å². The SMILES string of the molecule is OCC1(O)CCN(CC(O)COc2ccc3ccccc3c2-c2ccc(O)cc2)CC1. The Labute approximate surface area is 181 Å². The summed E-state index contributed by atoms with van der Waals surface area (Å²) in [5.41, 5.74) is 0.858. The Morgan fingerprint density at radius 2 is 1.68 bits per heavy atom. The largest absolute Gasteiger partial charge is 0.508 e. The molecule has 0 radical (unpaired) electrons. The zero-order valence-corrected chi connectivity index (χ0v) is 17.4. The number of fused-ring (bicyclic) bond motifs is 1. The normalized spacial score (nSPS) is 17.5. The Morgan fingerprint density at radius 1 is 0.968 bits per heavy atom. The average molecular weight is 424 g/mol. The first-order valence-electron chi connectivity index (χ1n) is 10.6. The Kier molecular flexibility index (Phi) is 6.43. The first-order chi connectivity index (χ1) is 15.0. The van der Waals surface area contributed by atoms with Gasteiger partial charge < -0.3 is 30.1 Å². The molecule has 164 valence electrons. The van der Waals surface area contributed by atoms with Crippen LogP contribution in [0.2, 0.25) is 0 Å². The molecular weight excluding hydrogens is 394 g/mol. The summed E-state index contributed by atoms with van der Waals surface area (Å²) in [6.07, 6.45) is 0.305. The van der Waals surface area contributed by atoms with Crippen molar-refractivity contribution in [2.75, 3.05) is 32.8 Å². The molecule has 1 saturated heterocycles. The summed E-state index contributed by atoms with van der Waals surface area (Å²) in [4.78, 5) is 2.08. The first kappa shape index (κ1) is 21.6. The van der Waals surface area contributed by atoms with Crippen molar-refractivity contribution in [3.63, 3.8) is 0 Å². The van der Waals surface area contributed by atoms with Gasteiger partial charge in [0, 0.05) is 25.2 Å².